The monoisotopic (exact) mass is 379 g/mol. The molecule has 3 rings (SSSR count). The summed E-state index contributed by atoms with van der Waals surface area (Å²) in [4.78, 5) is 12.7. The van der Waals surface area contributed by atoms with E-state index in [1.165, 1.54) is 4.31 Å². The molecule has 1 amide bonds. The Hall–Kier alpha value is -1.44. The van der Waals surface area contributed by atoms with E-state index in [0.717, 1.165) is 37.8 Å². The Labute approximate surface area is 156 Å². The molecule has 2 aliphatic heterocycles. The van der Waals surface area contributed by atoms with Crippen LogP contribution in [-0.2, 0) is 20.6 Å². The number of sulfonamides is 1. The predicted octanol–water partition coefficient (Wildman–Crippen LogP) is 1.49. The van der Waals surface area contributed by atoms with Crippen molar-refractivity contribution in [2.45, 2.75) is 50.4 Å². The van der Waals surface area contributed by atoms with Gasteiger partial charge in [0.15, 0.2) is 0 Å². The third-order valence-electron chi connectivity index (χ3n) is 5.43. The number of nitrogens with one attached hydrogen (secondary N) is 2. The zero-order valence-corrected chi connectivity index (χ0v) is 16.2. The summed E-state index contributed by atoms with van der Waals surface area (Å²) < 4.78 is 27.0. The largest absolute Gasteiger partial charge is 0.352 e. The highest BCUT2D eigenvalue weighted by molar-refractivity contribution is 7.88. The second-order valence-corrected chi connectivity index (χ2v) is 9.41. The third kappa shape index (κ3) is 4.84. The molecular formula is C19H29N3O3S. The molecule has 1 aromatic carbocycles. The van der Waals surface area contributed by atoms with E-state index < -0.39 is 10.0 Å². The quantitative estimate of drug-likeness (QED) is 0.812. The number of hydrogen-bond donors (Lipinski definition) is 2. The van der Waals surface area contributed by atoms with Crippen molar-refractivity contribution in [3.63, 3.8) is 0 Å². The van der Waals surface area contributed by atoms with E-state index in [9.17, 15) is 13.2 Å². The van der Waals surface area contributed by atoms with Gasteiger partial charge < -0.3 is 10.6 Å². The van der Waals surface area contributed by atoms with Crippen molar-refractivity contribution < 1.29 is 13.2 Å². The van der Waals surface area contributed by atoms with Crippen LogP contribution in [-0.4, -0.2) is 50.3 Å². The van der Waals surface area contributed by atoms with Crippen molar-refractivity contribution in [2.24, 2.45) is 5.92 Å². The maximum Gasteiger partial charge on any atom is 0.224 e. The minimum atomic E-state index is -3.41. The van der Waals surface area contributed by atoms with Gasteiger partial charge in [-0.25, -0.2) is 12.7 Å². The molecule has 7 heteroatoms. The Morgan fingerprint density at radius 1 is 1.23 bits per heavy atom. The summed E-state index contributed by atoms with van der Waals surface area (Å²) in [5, 5.41) is 6.52. The molecule has 3 atom stereocenters. The van der Waals surface area contributed by atoms with Crippen molar-refractivity contribution in [2.75, 3.05) is 19.6 Å². The van der Waals surface area contributed by atoms with Crippen molar-refractivity contribution in [1.82, 2.24) is 14.9 Å². The predicted molar refractivity (Wildman–Crippen MR) is 102 cm³/mol. The first-order chi connectivity index (χ1) is 12.5. The molecule has 0 bridgehead atoms. The van der Waals surface area contributed by atoms with Gasteiger partial charge in [0, 0.05) is 25.2 Å². The van der Waals surface area contributed by atoms with E-state index >= 15 is 0 Å². The summed E-state index contributed by atoms with van der Waals surface area (Å²) in [6.45, 7) is 3.86. The minimum Gasteiger partial charge on any atom is -0.352 e. The summed E-state index contributed by atoms with van der Waals surface area (Å²) in [7, 11) is -3.41. The number of carbonyl (C=O) groups is 1. The van der Waals surface area contributed by atoms with Crippen molar-refractivity contribution in [3.05, 3.63) is 35.9 Å². The maximum absolute atomic E-state index is 12.7. The summed E-state index contributed by atoms with van der Waals surface area (Å²) in [6, 6.07) is 9.60. The Balaban J connectivity index is 1.60. The SMILES string of the molecule is CC1NCCCC1NC(=O)C1CCCN(S(=O)(=O)Cc2ccccc2)C1. The number of nitrogens with zero attached hydrogens (tertiary/aromatic N) is 1. The maximum atomic E-state index is 12.7. The van der Waals surface area contributed by atoms with Crippen LogP contribution in [0.25, 0.3) is 0 Å². The summed E-state index contributed by atoms with van der Waals surface area (Å²) >= 11 is 0. The Bertz CT molecular complexity index is 708. The van der Waals surface area contributed by atoms with Crippen LogP contribution >= 0.6 is 0 Å². The normalized spacial score (nSPS) is 27.8. The molecule has 2 saturated heterocycles. The first kappa shape index (κ1) is 19.3. The number of rotatable bonds is 5. The standard InChI is InChI=1S/C19H29N3O3S/c1-15-18(10-5-11-20-15)21-19(23)17-9-6-12-22(13-17)26(24,25)14-16-7-3-2-4-8-16/h2-4,7-8,15,17-18,20H,5-6,9-14H2,1H3,(H,21,23). The average molecular weight is 380 g/mol. The lowest BCUT2D eigenvalue weighted by atomic mass is 9.95. The lowest BCUT2D eigenvalue weighted by Gasteiger charge is -2.35. The van der Waals surface area contributed by atoms with Gasteiger partial charge in [0.25, 0.3) is 0 Å². The number of carbonyl (C=O) groups excluding carboxylic acids is 1. The summed E-state index contributed by atoms with van der Waals surface area (Å²) in [5.41, 5.74) is 0.779. The zero-order valence-electron chi connectivity index (χ0n) is 15.4. The van der Waals surface area contributed by atoms with Crippen molar-refractivity contribution >= 4 is 15.9 Å². The van der Waals surface area contributed by atoms with Gasteiger partial charge in [-0.1, -0.05) is 30.3 Å². The molecule has 3 unspecified atom stereocenters. The van der Waals surface area contributed by atoms with E-state index in [0.29, 0.717) is 6.54 Å². The lowest BCUT2D eigenvalue weighted by molar-refractivity contribution is -0.127. The van der Waals surface area contributed by atoms with Crippen LogP contribution in [0.3, 0.4) is 0 Å². The molecule has 2 N–H and O–H groups in total. The third-order valence-corrected chi connectivity index (χ3v) is 7.25. The highest BCUT2D eigenvalue weighted by atomic mass is 32.2. The second-order valence-electron chi connectivity index (χ2n) is 7.44. The van der Waals surface area contributed by atoms with Gasteiger partial charge in [-0.2, -0.15) is 0 Å². The highest BCUT2D eigenvalue weighted by Gasteiger charge is 2.34. The van der Waals surface area contributed by atoms with Gasteiger partial charge >= 0.3 is 0 Å². The number of amides is 1. The topological polar surface area (TPSA) is 78.5 Å². The molecule has 0 aliphatic carbocycles. The van der Waals surface area contributed by atoms with E-state index in [-0.39, 0.29) is 36.2 Å². The summed E-state index contributed by atoms with van der Waals surface area (Å²) in [5.74, 6) is -0.278. The van der Waals surface area contributed by atoms with Crippen molar-refractivity contribution in [3.8, 4) is 0 Å². The van der Waals surface area contributed by atoms with Crippen LogP contribution in [0.2, 0.25) is 0 Å². The fourth-order valence-electron chi connectivity index (χ4n) is 3.83. The molecule has 6 nitrogen and oxygen atoms in total. The molecule has 2 aliphatic rings. The van der Waals surface area contributed by atoms with Gasteiger partial charge in [-0.05, 0) is 44.7 Å². The molecule has 0 radical (unpaired) electrons. The zero-order chi connectivity index (χ0) is 18.6. The number of benzene rings is 1. The van der Waals surface area contributed by atoms with Crippen LogP contribution in [0.1, 0.15) is 38.2 Å². The molecule has 2 heterocycles. The highest BCUT2D eigenvalue weighted by Crippen LogP contribution is 2.22. The first-order valence-electron chi connectivity index (χ1n) is 9.51. The summed E-state index contributed by atoms with van der Waals surface area (Å²) in [6.07, 6.45) is 3.50. The smallest absolute Gasteiger partial charge is 0.224 e. The van der Waals surface area contributed by atoms with Gasteiger partial charge in [0.1, 0.15) is 0 Å². The van der Waals surface area contributed by atoms with Crippen LogP contribution in [0.5, 0.6) is 0 Å². The van der Waals surface area contributed by atoms with Crippen LogP contribution in [0, 0.1) is 5.92 Å². The molecule has 0 aromatic heterocycles. The number of hydrogen-bond acceptors (Lipinski definition) is 4. The molecule has 1 aromatic rings. The van der Waals surface area contributed by atoms with Gasteiger partial charge in [-0.15, -0.1) is 0 Å². The van der Waals surface area contributed by atoms with Gasteiger partial charge in [0.2, 0.25) is 15.9 Å². The Morgan fingerprint density at radius 2 is 2.00 bits per heavy atom. The Kier molecular flexibility index (Phi) is 6.32. The fourth-order valence-corrected chi connectivity index (χ4v) is 5.44. The average Bonchev–Trinajstić information content (AvgIpc) is 2.64. The number of piperidine rings is 2. The molecule has 26 heavy (non-hydrogen) atoms. The first-order valence-corrected chi connectivity index (χ1v) is 11.1. The molecule has 144 valence electrons. The van der Waals surface area contributed by atoms with E-state index in [4.69, 9.17) is 0 Å². The lowest BCUT2D eigenvalue weighted by Crippen LogP contribution is -2.54. The van der Waals surface area contributed by atoms with Crippen LogP contribution < -0.4 is 10.6 Å². The van der Waals surface area contributed by atoms with Crippen LogP contribution in [0.15, 0.2) is 30.3 Å². The van der Waals surface area contributed by atoms with E-state index in [2.05, 4.69) is 17.6 Å². The molecular weight excluding hydrogens is 350 g/mol. The Morgan fingerprint density at radius 3 is 2.73 bits per heavy atom. The van der Waals surface area contributed by atoms with Gasteiger partial charge in [0.05, 0.1) is 11.7 Å². The fraction of sp³-hybridized carbons (Fsp3) is 0.632. The molecule has 0 spiro atoms. The van der Waals surface area contributed by atoms with E-state index in [1.807, 2.05) is 30.3 Å². The molecule has 2 fully saturated rings. The molecule has 0 saturated carbocycles. The second kappa shape index (κ2) is 8.50. The minimum absolute atomic E-state index is 0.00818. The van der Waals surface area contributed by atoms with E-state index in [1.54, 1.807) is 0 Å². The van der Waals surface area contributed by atoms with Crippen LogP contribution in [0.4, 0.5) is 0 Å². The van der Waals surface area contributed by atoms with Crippen molar-refractivity contribution in [1.29, 1.82) is 0 Å². The van der Waals surface area contributed by atoms with Gasteiger partial charge in [-0.3, -0.25) is 4.79 Å².